The second-order valence-corrected chi connectivity index (χ2v) is 30.6. The number of rotatable bonds is 3. The summed E-state index contributed by atoms with van der Waals surface area (Å²) in [6.07, 6.45) is -1.07. The normalized spacial score (nSPS) is 18.9. The minimum Gasteiger partial charge on any atom is -0.508 e. The standard InChI is InChI=1S/C16H24O3.C14H21NO3.C14H23NO.C14H22O.C10H14O.C6H6O.C4H9Cl.C4H10O.C2H3ClO2.CH4/c1-15(2,3)11-8-9-13(19-14(17)18-7)12(10-11)16(4,5)6;1-13(2,3)9-7-10(14(4,5)6)12(16)8-11(9)15(17)18;1-13(2,3)9-7-10(14(4,5)6)12(16)8-11(9)15;1-13(2,3)10-7-8-12(15)11(9-10)14(4,5)6;1-10(2,3)8-4-6-9(11)7-5-8;7-6-4-2-1-3-5-6;2*1-4(2,3)5;1-5-2(3)4;/h8-10H,1-7H3;7-8,16H,1-6H3;7-8,16H,15H2,1-6H3;7-9,15H,1-6H3;4-7,11H,1-3H3;1-5,7H;1-3H3;5H,1-3H3;1H3;1H4/i1D3,8D,9D,10D;2*1D3,7D,8D;1D3,7D,8D,9D;1D3,4D,5D,6D,7D;1D,2D,3D,4D,5D;1D3,2D3,3D3;;;/hD. The summed E-state index contributed by atoms with van der Waals surface area (Å²) >= 11 is 9.88. The third-order valence-electron chi connectivity index (χ3n) is 11.4. The van der Waals surface area contributed by atoms with Gasteiger partial charge in [-0.3, -0.25) is 10.1 Å². The third kappa shape index (κ3) is 43.0. The first-order valence-corrected chi connectivity index (χ1v) is 31.1. The highest BCUT2D eigenvalue weighted by atomic mass is 35.5. The number of nitrogens with two attached hydrogens (primary N) is 1. The highest BCUT2D eigenvalue weighted by Gasteiger charge is 2.31. The van der Waals surface area contributed by atoms with E-state index in [1.165, 1.54) is 76.3 Å². The quantitative estimate of drug-likeness (QED) is 0.0166. The van der Waals surface area contributed by atoms with Crippen LogP contribution in [0.15, 0.2) is 115 Å². The van der Waals surface area contributed by atoms with E-state index in [-0.39, 0.29) is 98.9 Å². The topological polar surface area (TPSA) is 252 Å². The Morgan fingerprint density at radius 2 is 0.814 bits per heavy atom. The lowest BCUT2D eigenvalue weighted by atomic mass is 9.79. The number of ether oxygens (including phenoxy) is 3. The Balaban J connectivity index is -0.000000797. The number of aromatic hydroxyl groups is 5. The molecular weight excluding hydrogens is 1330 g/mol. The minimum atomic E-state index is -3.29. The van der Waals surface area contributed by atoms with Crippen LogP contribution in [-0.4, -0.2) is 73.3 Å². The molecule has 0 saturated carbocycles. The molecule has 0 unspecified atom stereocenters. The van der Waals surface area contributed by atoms with Gasteiger partial charge in [0.25, 0.3) is 7.12 Å². The summed E-state index contributed by atoms with van der Waals surface area (Å²) in [7, 11) is 2.33. The van der Waals surface area contributed by atoms with Gasteiger partial charge in [-0.25, -0.2) is 9.59 Å². The minimum absolute atomic E-state index is 0. The maximum absolute atomic E-state index is 11.5. The number of anilines is 1. The molecule has 0 saturated heterocycles. The van der Waals surface area contributed by atoms with Crippen molar-refractivity contribution in [2.45, 2.75) is 295 Å². The average Bonchev–Trinajstić information content (AvgIpc) is 0.732. The Morgan fingerprint density at radius 1 is 0.461 bits per heavy atom. The van der Waals surface area contributed by atoms with Crippen molar-refractivity contribution in [3.05, 3.63) is 175 Å². The van der Waals surface area contributed by atoms with E-state index in [1.54, 1.807) is 104 Å². The molecule has 0 aliphatic heterocycles. The molecule has 0 heterocycles. The number of nitrogens with zero attached hydrogens (tertiary/aromatic N) is 1. The van der Waals surface area contributed by atoms with E-state index in [0.717, 1.165) is 7.11 Å². The molecule has 0 radical (unpaired) electrons. The van der Waals surface area contributed by atoms with Crippen LogP contribution in [0.25, 0.3) is 0 Å². The summed E-state index contributed by atoms with van der Waals surface area (Å²) in [4.78, 5) is 28.2. The number of benzene rings is 6. The van der Waals surface area contributed by atoms with E-state index >= 15 is 0 Å². The highest BCUT2D eigenvalue weighted by molar-refractivity contribution is 6.61. The number of para-hydroxylation sites is 1. The summed E-state index contributed by atoms with van der Waals surface area (Å²) in [6, 6.07) is -8.44. The van der Waals surface area contributed by atoms with Gasteiger partial charge in [-0.05, 0) is 172 Å². The van der Waals surface area contributed by atoms with Crippen molar-refractivity contribution >= 4 is 46.2 Å². The molecule has 0 bridgehead atoms. The first-order valence-electron chi connectivity index (χ1n) is 52.3. The van der Waals surface area contributed by atoms with E-state index in [9.17, 15) is 40.1 Å². The number of halogens is 2. The van der Waals surface area contributed by atoms with Crippen LogP contribution in [0.3, 0.4) is 0 Å². The van der Waals surface area contributed by atoms with Crippen LogP contribution in [0.2, 0.25) is 0 Å². The Morgan fingerprint density at radius 3 is 1.17 bits per heavy atom. The van der Waals surface area contributed by atoms with Gasteiger partial charge in [0.15, 0.2) is 0 Å². The molecule has 0 aliphatic rings. The van der Waals surface area contributed by atoms with Crippen LogP contribution < -0.4 is 10.5 Å². The van der Waals surface area contributed by atoms with Crippen molar-refractivity contribution in [3.8, 4) is 34.5 Å². The molecule has 6 rings (SSSR count). The number of phenolic OH excluding ortho intramolecular Hbond substituents is 5. The van der Waals surface area contributed by atoms with Crippen LogP contribution >= 0.6 is 23.2 Å². The van der Waals surface area contributed by atoms with E-state index in [0.29, 0.717) is 0 Å². The number of carbonyl (C=O) groups excluding carboxylic acids is 2. The third-order valence-corrected chi connectivity index (χ3v) is 11.6. The number of aliphatic hydroxyl groups is 1. The van der Waals surface area contributed by atoms with Crippen LogP contribution in [0.4, 0.5) is 21.0 Å². The number of methoxy groups -OCH3 is 2. The van der Waals surface area contributed by atoms with Crippen LogP contribution in [-0.2, 0) is 58.2 Å². The maximum Gasteiger partial charge on any atom is 0.513 e. The Kier molecular flexibility index (Phi) is 18.3. The molecule has 6 aromatic rings. The molecule has 0 aliphatic carbocycles. The van der Waals surface area contributed by atoms with Gasteiger partial charge in [0, 0.05) is 77.8 Å². The number of carbonyl (C=O) groups is 2. The Bertz CT molecular complexity index is 5400. The van der Waals surface area contributed by atoms with Gasteiger partial charge in [0.2, 0.25) is 0 Å². The van der Waals surface area contributed by atoms with E-state index in [1.807, 2.05) is 0 Å². The van der Waals surface area contributed by atoms with E-state index in [4.69, 9.17) is 87.6 Å². The van der Waals surface area contributed by atoms with Crippen molar-refractivity contribution < 1.29 is 118 Å². The number of phenols is 5. The largest absolute Gasteiger partial charge is 0.513 e. The average molecular weight is 1510 g/mol. The molecule has 0 atom stereocenters. The number of nitro groups is 1. The SMILES string of the molecule is C.CC(C)(C)O.COC(=O)Cl.[2H]C([2H])([2H])C(Cl)(C([2H])([2H])[2H])C([2H])([2H])[2H].[2H]Oc1c([2H])c([2H])c([2H])c([2H])c1[2H].[2H]c1c(N)c(C(C)(C)C([2H])([2H])[2H])c([2H])c(C(C)(C)C)c1O.[2H]c1c(O)c(C(C)(C)C)c([2H])c(C(C)(C)C([2H])([2H])[2H])c1[N+](=O)[O-].[2H]c1c([2H])c(C(C)(C)C([2H])([2H])[2H])c([2H])c(C(C)(C)C)c1O.[2H]c1c([2H])c(C(C)(C)C([2H])([2H])[2H])c([2H])c(C(C)(C)C)c1OC(=O)OC.[2H]c1c([2H])c(C(C)(C)C([2H])([2H])[2H])c([2H])c([2H])c1O. The van der Waals surface area contributed by atoms with Crippen molar-refractivity contribution in [3.63, 3.8) is 0 Å². The van der Waals surface area contributed by atoms with Crippen molar-refractivity contribution in [2.24, 2.45) is 0 Å². The van der Waals surface area contributed by atoms with Gasteiger partial charge in [0.1, 0.15) is 34.5 Å². The fourth-order valence-electron chi connectivity index (χ4n) is 6.70. The van der Waals surface area contributed by atoms with Gasteiger partial charge in [-0.2, -0.15) is 0 Å². The maximum atomic E-state index is 11.5. The zero-order valence-electron chi connectivity index (χ0n) is 107. The summed E-state index contributed by atoms with van der Waals surface area (Å²) in [5.41, 5.74) is -6.69. The molecule has 0 amide bonds. The summed E-state index contributed by atoms with van der Waals surface area (Å²) in [6.45, 7) is 17.9. The predicted molar refractivity (Wildman–Crippen MR) is 432 cm³/mol. The lowest BCUT2D eigenvalue weighted by Crippen LogP contribution is -2.19. The molecule has 0 aromatic heterocycles. The molecular formula is C85H136Cl2N2O13. The lowest BCUT2D eigenvalue weighted by molar-refractivity contribution is -0.386. The molecule has 0 fully saturated rings. The first-order chi connectivity index (χ1) is 63.3. The number of nitro benzene ring substituents is 1. The summed E-state index contributed by atoms with van der Waals surface area (Å²) in [5.74, 6) is -2.89. The van der Waals surface area contributed by atoms with Gasteiger partial charge >= 0.3 is 11.6 Å². The molecule has 17 heteroatoms. The molecule has 6 aromatic carbocycles. The number of alkyl halides is 1. The number of nitrogen functional groups attached to an aromatic ring is 1. The molecule has 8 N–H and O–H groups in total. The van der Waals surface area contributed by atoms with Crippen molar-refractivity contribution in [1.29, 1.82) is 1.43 Å². The van der Waals surface area contributed by atoms with Gasteiger partial charge in [0.05, 0.1) is 56.8 Å². The molecule has 0 spiro atoms. The van der Waals surface area contributed by atoms with Crippen LogP contribution in [0, 0.1) is 10.1 Å². The Hall–Kier alpha value is -7.20. The van der Waals surface area contributed by atoms with Gasteiger partial charge in [-0.15, -0.1) is 11.6 Å². The summed E-state index contributed by atoms with van der Waals surface area (Å²) in [5, 5.41) is 63.7. The molecule has 102 heavy (non-hydrogen) atoms. The van der Waals surface area contributed by atoms with Crippen LogP contribution in [0.1, 0.15) is 344 Å². The highest BCUT2D eigenvalue weighted by Crippen LogP contribution is 2.42. The fraction of sp³-hybridized carbons (Fsp3) is 0.553. The number of hydrogen-bond acceptors (Lipinski definition) is 14. The second kappa shape index (κ2) is 40.7. The smallest absolute Gasteiger partial charge is 0.508 e. The lowest BCUT2D eigenvalue weighted by Gasteiger charge is -2.27. The predicted octanol–water partition coefficient (Wildman–Crippen LogP) is 24.4. The second-order valence-electron chi connectivity index (χ2n) is 29.8. The van der Waals surface area contributed by atoms with Gasteiger partial charge < -0.3 is 50.6 Å². The zero-order valence-corrected chi connectivity index (χ0v) is 64.3. The number of hydrogen-bond donors (Lipinski definition) is 7. The zero-order chi connectivity index (χ0) is 118. The Labute approximate surface area is 689 Å². The van der Waals surface area contributed by atoms with Crippen molar-refractivity contribution in [2.75, 3.05) is 20.0 Å². The van der Waals surface area contributed by atoms with Crippen molar-refractivity contribution in [1.82, 2.24) is 0 Å². The van der Waals surface area contributed by atoms with E-state index < -0.39 is 250 Å². The monoisotopic (exact) mass is 1510 g/mol. The molecule has 15 nitrogen and oxygen atoms in total. The fourth-order valence-corrected chi connectivity index (χ4v) is 6.70. The summed E-state index contributed by atoms with van der Waals surface area (Å²) < 4.78 is 344. The van der Waals surface area contributed by atoms with Gasteiger partial charge in [-0.1, -0.05) is 248 Å². The van der Waals surface area contributed by atoms with E-state index in [2.05, 4.69) is 26.2 Å². The van der Waals surface area contributed by atoms with Crippen LogP contribution in [0.5, 0.6) is 34.5 Å². The molecule has 578 valence electrons. The first kappa shape index (κ1) is 45.9.